The number of hydrogen-bond donors (Lipinski definition) is 2. The van der Waals surface area contributed by atoms with E-state index in [0.29, 0.717) is 11.3 Å². The molecule has 0 radical (unpaired) electrons. The van der Waals surface area contributed by atoms with Crippen molar-refractivity contribution in [3.8, 4) is 5.69 Å². The largest absolute Gasteiger partial charge is 0.392 e. The van der Waals surface area contributed by atoms with Crippen molar-refractivity contribution in [2.45, 2.75) is 20.5 Å². The standard InChI is InChI=1S/C19H19N3O2/c1-13-10-20-22(11-13)17-7-5-16(6-8-17)19(24)21-18-9-15(12-23)4-3-14(18)2/h3-11,23H,12H2,1-2H3,(H,21,24). The molecule has 0 saturated heterocycles. The minimum Gasteiger partial charge on any atom is -0.392 e. The first-order valence-electron chi connectivity index (χ1n) is 7.70. The average Bonchev–Trinajstić information content (AvgIpc) is 3.03. The van der Waals surface area contributed by atoms with Crippen LogP contribution < -0.4 is 5.32 Å². The van der Waals surface area contributed by atoms with Gasteiger partial charge in [0.05, 0.1) is 18.5 Å². The van der Waals surface area contributed by atoms with Crippen LogP contribution in [0.25, 0.3) is 5.69 Å². The number of aryl methyl sites for hydroxylation is 2. The Labute approximate surface area is 140 Å². The summed E-state index contributed by atoms with van der Waals surface area (Å²) in [6.45, 7) is 3.84. The van der Waals surface area contributed by atoms with E-state index in [4.69, 9.17) is 0 Å². The van der Waals surface area contributed by atoms with Gasteiger partial charge in [-0.15, -0.1) is 0 Å². The Morgan fingerprint density at radius 2 is 1.92 bits per heavy atom. The highest BCUT2D eigenvalue weighted by Gasteiger charge is 2.09. The van der Waals surface area contributed by atoms with Crippen molar-refractivity contribution in [1.82, 2.24) is 9.78 Å². The highest BCUT2D eigenvalue weighted by atomic mass is 16.3. The van der Waals surface area contributed by atoms with Gasteiger partial charge in [-0.2, -0.15) is 5.10 Å². The van der Waals surface area contributed by atoms with Crippen LogP contribution in [-0.2, 0) is 6.61 Å². The van der Waals surface area contributed by atoms with Crippen LogP contribution in [0.5, 0.6) is 0 Å². The molecule has 0 aliphatic rings. The highest BCUT2D eigenvalue weighted by Crippen LogP contribution is 2.18. The van der Waals surface area contributed by atoms with Gasteiger partial charge in [0.15, 0.2) is 0 Å². The average molecular weight is 321 g/mol. The summed E-state index contributed by atoms with van der Waals surface area (Å²) in [4.78, 5) is 12.4. The molecule has 0 fully saturated rings. The van der Waals surface area contributed by atoms with Gasteiger partial charge in [0, 0.05) is 17.4 Å². The summed E-state index contributed by atoms with van der Waals surface area (Å²) < 4.78 is 1.77. The Hall–Kier alpha value is -2.92. The topological polar surface area (TPSA) is 67.2 Å². The van der Waals surface area contributed by atoms with Gasteiger partial charge < -0.3 is 10.4 Å². The summed E-state index contributed by atoms with van der Waals surface area (Å²) in [5, 5.41) is 16.4. The Bertz CT molecular complexity index is 867. The van der Waals surface area contributed by atoms with Gasteiger partial charge in [0.25, 0.3) is 5.91 Å². The number of carbonyl (C=O) groups excluding carboxylic acids is 1. The van der Waals surface area contributed by atoms with Crippen LogP contribution in [0.4, 0.5) is 5.69 Å². The maximum atomic E-state index is 12.4. The summed E-state index contributed by atoms with van der Waals surface area (Å²) in [6.07, 6.45) is 3.72. The van der Waals surface area contributed by atoms with Crippen molar-refractivity contribution < 1.29 is 9.90 Å². The molecular formula is C19H19N3O2. The second kappa shape index (κ2) is 6.68. The molecule has 1 aromatic heterocycles. The first-order valence-corrected chi connectivity index (χ1v) is 7.70. The number of benzene rings is 2. The van der Waals surface area contributed by atoms with Gasteiger partial charge in [-0.3, -0.25) is 4.79 Å². The monoisotopic (exact) mass is 321 g/mol. The number of anilines is 1. The minimum atomic E-state index is -0.184. The Balaban J connectivity index is 1.78. The van der Waals surface area contributed by atoms with E-state index in [1.54, 1.807) is 29.1 Å². The molecular weight excluding hydrogens is 302 g/mol. The molecule has 0 saturated carbocycles. The van der Waals surface area contributed by atoms with E-state index in [-0.39, 0.29) is 12.5 Å². The number of aliphatic hydroxyl groups excluding tert-OH is 1. The molecule has 2 aromatic carbocycles. The molecule has 2 N–H and O–H groups in total. The Kier molecular flexibility index (Phi) is 4.44. The molecule has 3 aromatic rings. The second-order valence-corrected chi connectivity index (χ2v) is 5.77. The number of carbonyl (C=O) groups is 1. The summed E-state index contributed by atoms with van der Waals surface area (Å²) in [5.41, 5.74) is 4.97. The van der Waals surface area contributed by atoms with E-state index < -0.39 is 0 Å². The van der Waals surface area contributed by atoms with E-state index in [2.05, 4.69) is 10.4 Å². The molecule has 0 unspecified atom stereocenters. The molecule has 24 heavy (non-hydrogen) atoms. The van der Waals surface area contributed by atoms with Gasteiger partial charge >= 0.3 is 0 Å². The third kappa shape index (κ3) is 3.36. The first-order chi connectivity index (χ1) is 11.6. The number of amides is 1. The maximum absolute atomic E-state index is 12.4. The van der Waals surface area contributed by atoms with Crippen LogP contribution in [0.15, 0.2) is 54.9 Å². The lowest BCUT2D eigenvalue weighted by atomic mass is 10.1. The van der Waals surface area contributed by atoms with Crippen molar-refractivity contribution >= 4 is 11.6 Å². The molecule has 0 aliphatic carbocycles. The smallest absolute Gasteiger partial charge is 0.255 e. The van der Waals surface area contributed by atoms with E-state index in [1.807, 2.05) is 44.3 Å². The molecule has 0 aliphatic heterocycles. The minimum absolute atomic E-state index is 0.0544. The Morgan fingerprint density at radius 3 is 2.54 bits per heavy atom. The van der Waals surface area contributed by atoms with Crippen molar-refractivity contribution in [2.75, 3.05) is 5.32 Å². The van der Waals surface area contributed by atoms with Crippen LogP contribution in [0.1, 0.15) is 27.0 Å². The van der Waals surface area contributed by atoms with E-state index >= 15 is 0 Å². The Morgan fingerprint density at radius 1 is 1.17 bits per heavy atom. The zero-order valence-corrected chi connectivity index (χ0v) is 13.7. The lowest BCUT2D eigenvalue weighted by Crippen LogP contribution is -2.13. The van der Waals surface area contributed by atoms with Gasteiger partial charge in [-0.1, -0.05) is 12.1 Å². The van der Waals surface area contributed by atoms with Crippen molar-refractivity contribution in [1.29, 1.82) is 0 Å². The van der Waals surface area contributed by atoms with Crippen molar-refractivity contribution in [2.24, 2.45) is 0 Å². The number of aliphatic hydroxyl groups is 1. The molecule has 5 nitrogen and oxygen atoms in total. The highest BCUT2D eigenvalue weighted by molar-refractivity contribution is 6.04. The number of rotatable bonds is 4. The third-order valence-corrected chi connectivity index (χ3v) is 3.84. The molecule has 0 bridgehead atoms. The van der Waals surface area contributed by atoms with Crippen LogP contribution >= 0.6 is 0 Å². The molecule has 0 atom stereocenters. The quantitative estimate of drug-likeness (QED) is 0.775. The molecule has 1 heterocycles. The van der Waals surface area contributed by atoms with Crippen LogP contribution in [-0.4, -0.2) is 20.8 Å². The number of nitrogens with one attached hydrogen (secondary N) is 1. The summed E-state index contributed by atoms with van der Waals surface area (Å²) in [7, 11) is 0. The van der Waals surface area contributed by atoms with E-state index in [9.17, 15) is 9.90 Å². The zero-order chi connectivity index (χ0) is 17.1. The predicted octanol–water partition coefficient (Wildman–Crippen LogP) is 3.23. The first kappa shape index (κ1) is 16.0. The summed E-state index contributed by atoms with van der Waals surface area (Å²) in [5.74, 6) is -0.184. The fourth-order valence-corrected chi connectivity index (χ4v) is 2.42. The fraction of sp³-hybridized carbons (Fsp3) is 0.158. The maximum Gasteiger partial charge on any atom is 0.255 e. The molecule has 3 rings (SSSR count). The molecule has 0 spiro atoms. The van der Waals surface area contributed by atoms with Crippen molar-refractivity contribution in [3.05, 3.63) is 77.1 Å². The van der Waals surface area contributed by atoms with Gasteiger partial charge in [0.2, 0.25) is 0 Å². The second-order valence-electron chi connectivity index (χ2n) is 5.77. The van der Waals surface area contributed by atoms with Crippen LogP contribution in [0.3, 0.4) is 0 Å². The molecule has 122 valence electrons. The number of nitrogens with zero attached hydrogens (tertiary/aromatic N) is 2. The zero-order valence-electron chi connectivity index (χ0n) is 13.7. The lowest BCUT2D eigenvalue weighted by molar-refractivity contribution is 0.102. The summed E-state index contributed by atoms with van der Waals surface area (Å²) in [6, 6.07) is 12.8. The van der Waals surface area contributed by atoms with E-state index in [0.717, 1.165) is 22.4 Å². The number of aromatic nitrogens is 2. The third-order valence-electron chi connectivity index (χ3n) is 3.84. The number of hydrogen-bond acceptors (Lipinski definition) is 3. The van der Waals surface area contributed by atoms with Crippen molar-refractivity contribution in [3.63, 3.8) is 0 Å². The summed E-state index contributed by atoms with van der Waals surface area (Å²) >= 11 is 0. The normalized spacial score (nSPS) is 10.6. The van der Waals surface area contributed by atoms with E-state index in [1.165, 1.54) is 0 Å². The van der Waals surface area contributed by atoms with Crippen LogP contribution in [0.2, 0.25) is 0 Å². The lowest BCUT2D eigenvalue weighted by Gasteiger charge is -2.10. The van der Waals surface area contributed by atoms with Gasteiger partial charge in [-0.25, -0.2) is 4.68 Å². The molecule has 1 amide bonds. The van der Waals surface area contributed by atoms with Crippen LogP contribution in [0, 0.1) is 13.8 Å². The SMILES string of the molecule is Cc1cnn(-c2ccc(C(=O)Nc3cc(CO)ccc3C)cc2)c1. The van der Waals surface area contributed by atoms with Gasteiger partial charge in [0.1, 0.15) is 0 Å². The van der Waals surface area contributed by atoms with Gasteiger partial charge in [-0.05, 0) is 60.9 Å². The predicted molar refractivity (Wildman–Crippen MR) is 93.4 cm³/mol. The molecule has 5 heteroatoms. The fourth-order valence-electron chi connectivity index (χ4n) is 2.42.